The van der Waals surface area contributed by atoms with Gasteiger partial charge in [0.05, 0.1) is 5.71 Å². The van der Waals surface area contributed by atoms with E-state index in [-0.39, 0.29) is 11.7 Å². The number of anilines is 1. The topological polar surface area (TPSA) is 83.7 Å². The third-order valence-electron chi connectivity index (χ3n) is 5.57. The van der Waals surface area contributed by atoms with Crippen LogP contribution in [0.3, 0.4) is 0 Å². The number of carbonyl (C=O) groups excluding carboxylic acids is 2. The fraction of sp³-hybridized carbons (Fsp3) is 0.240. The van der Waals surface area contributed by atoms with Gasteiger partial charge in [0.15, 0.2) is 5.76 Å². The van der Waals surface area contributed by atoms with Crippen molar-refractivity contribution in [2.75, 3.05) is 5.32 Å². The van der Waals surface area contributed by atoms with Crippen molar-refractivity contribution in [3.05, 3.63) is 87.6 Å². The number of hydrogen-bond acceptors (Lipinski definition) is 4. The molecule has 2 aromatic carbocycles. The highest BCUT2D eigenvalue weighted by Gasteiger charge is 2.28. The van der Waals surface area contributed by atoms with Crippen LogP contribution in [0.1, 0.15) is 61.8 Å². The molecule has 0 aliphatic heterocycles. The molecule has 0 unspecified atom stereocenters. The largest absolute Gasteiger partial charge is 0.455 e. The van der Waals surface area contributed by atoms with Crippen LogP contribution >= 0.6 is 0 Å². The molecule has 0 atom stereocenters. The van der Waals surface area contributed by atoms with E-state index in [1.54, 1.807) is 0 Å². The molecule has 0 bridgehead atoms. The normalized spacial score (nSPS) is 14.2. The second-order valence-electron chi connectivity index (χ2n) is 7.99. The number of benzene rings is 2. The minimum absolute atomic E-state index is 0.246. The molecule has 0 radical (unpaired) electrons. The van der Waals surface area contributed by atoms with Crippen LogP contribution in [0.2, 0.25) is 0 Å². The van der Waals surface area contributed by atoms with Crippen molar-refractivity contribution in [1.82, 2.24) is 5.43 Å². The van der Waals surface area contributed by atoms with Crippen molar-refractivity contribution in [2.45, 2.75) is 40.0 Å². The summed E-state index contributed by atoms with van der Waals surface area (Å²) < 4.78 is 19.0. The van der Waals surface area contributed by atoms with Crippen molar-refractivity contribution in [3.8, 4) is 0 Å². The average Bonchev–Trinajstić information content (AvgIpc) is 3.12. The Balaban J connectivity index is 1.57. The average molecular weight is 433 g/mol. The summed E-state index contributed by atoms with van der Waals surface area (Å²) in [6.45, 7) is 5.72. The Morgan fingerprint density at radius 3 is 2.50 bits per heavy atom. The van der Waals surface area contributed by atoms with Crippen LogP contribution in [0.5, 0.6) is 0 Å². The van der Waals surface area contributed by atoms with Crippen LogP contribution in [0.4, 0.5) is 10.1 Å². The van der Waals surface area contributed by atoms with E-state index in [1.807, 2.05) is 39.0 Å². The number of hydrogen-bond donors (Lipinski definition) is 2. The number of rotatable bonds is 4. The van der Waals surface area contributed by atoms with Gasteiger partial charge in [-0.05, 0) is 75.1 Å². The van der Waals surface area contributed by atoms with E-state index in [4.69, 9.17) is 4.42 Å². The predicted octanol–water partition coefficient (Wildman–Crippen LogP) is 5.07. The number of amides is 2. The Labute approximate surface area is 185 Å². The maximum Gasteiger partial charge on any atom is 0.291 e. The van der Waals surface area contributed by atoms with Gasteiger partial charge in [0, 0.05) is 28.8 Å². The Hall–Kier alpha value is -3.74. The Bertz CT molecular complexity index is 1230. The molecule has 2 N–H and O–H groups in total. The summed E-state index contributed by atoms with van der Waals surface area (Å²) in [5.41, 5.74) is 7.71. The lowest BCUT2D eigenvalue weighted by atomic mass is 9.93. The second-order valence-corrected chi connectivity index (χ2v) is 7.99. The van der Waals surface area contributed by atoms with Crippen molar-refractivity contribution in [2.24, 2.45) is 5.10 Å². The van der Waals surface area contributed by atoms with Gasteiger partial charge in [-0.1, -0.05) is 12.1 Å². The minimum Gasteiger partial charge on any atom is -0.455 e. The molecule has 0 saturated heterocycles. The molecule has 0 spiro atoms. The van der Waals surface area contributed by atoms with Crippen molar-refractivity contribution in [3.63, 3.8) is 0 Å². The molecular formula is C25H24FN3O3. The highest BCUT2D eigenvalue weighted by atomic mass is 19.1. The summed E-state index contributed by atoms with van der Waals surface area (Å²) in [6, 6.07) is 11.1. The molecule has 2 amide bonds. The van der Waals surface area contributed by atoms with Gasteiger partial charge in [-0.15, -0.1) is 0 Å². The molecule has 0 fully saturated rings. The standard InChI is InChI=1S/C25H24FN3O3/c1-14-7-8-15(2)20(13-14)27-25(31)23-16(3)22-19(5-4-6-21(22)32-23)28-29-24(30)17-9-11-18(26)12-10-17/h7-13H,4-6H2,1-3H3,(H,27,31)(H,29,30)/b28-19+. The van der Waals surface area contributed by atoms with Crippen LogP contribution < -0.4 is 10.7 Å². The van der Waals surface area contributed by atoms with Crippen molar-refractivity contribution >= 4 is 23.2 Å². The van der Waals surface area contributed by atoms with Crippen molar-refractivity contribution in [1.29, 1.82) is 0 Å². The monoisotopic (exact) mass is 433 g/mol. The predicted molar refractivity (Wildman–Crippen MR) is 121 cm³/mol. The molecular weight excluding hydrogens is 409 g/mol. The summed E-state index contributed by atoms with van der Waals surface area (Å²) >= 11 is 0. The molecule has 0 saturated carbocycles. The van der Waals surface area contributed by atoms with Gasteiger partial charge in [-0.3, -0.25) is 9.59 Å². The number of nitrogens with zero attached hydrogens (tertiary/aromatic N) is 1. The van der Waals surface area contributed by atoms with Crippen LogP contribution in [-0.2, 0) is 6.42 Å². The summed E-state index contributed by atoms with van der Waals surface area (Å²) in [4.78, 5) is 25.3. The minimum atomic E-state index is -0.432. The summed E-state index contributed by atoms with van der Waals surface area (Å²) in [7, 11) is 0. The number of hydrazone groups is 1. The molecule has 1 aromatic heterocycles. The van der Waals surface area contributed by atoms with Gasteiger partial charge in [0.25, 0.3) is 11.8 Å². The first-order valence-electron chi connectivity index (χ1n) is 10.5. The smallest absolute Gasteiger partial charge is 0.291 e. The third kappa shape index (κ3) is 4.32. The lowest BCUT2D eigenvalue weighted by Gasteiger charge is -2.13. The van der Waals surface area contributed by atoms with Crippen LogP contribution in [0.25, 0.3) is 0 Å². The van der Waals surface area contributed by atoms with Gasteiger partial charge in [0.1, 0.15) is 11.6 Å². The maximum atomic E-state index is 13.1. The van der Waals surface area contributed by atoms with E-state index in [9.17, 15) is 14.0 Å². The van der Waals surface area contributed by atoms with Gasteiger partial charge in [-0.2, -0.15) is 5.10 Å². The highest BCUT2D eigenvalue weighted by Crippen LogP contribution is 2.30. The number of carbonyl (C=O) groups is 2. The Morgan fingerprint density at radius 1 is 1.00 bits per heavy atom. The molecule has 4 rings (SSSR count). The molecule has 32 heavy (non-hydrogen) atoms. The van der Waals surface area contributed by atoms with Gasteiger partial charge in [-0.25, -0.2) is 9.82 Å². The number of nitrogens with one attached hydrogen (secondary N) is 2. The number of halogens is 1. The first-order chi connectivity index (χ1) is 15.3. The fourth-order valence-corrected chi connectivity index (χ4v) is 3.83. The third-order valence-corrected chi connectivity index (χ3v) is 5.57. The van der Waals surface area contributed by atoms with Crippen LogP contribution in [0, 0.1) is 26.6 Å². The molecule has 7 heteroatoms. The van der Waals surface area contributed by atoms with Crippen LogP contribution in [0.15, 0.2) is 52.0 Å². The molecule has 6 nitrogen and oxygen atoms in total. The second kappa shape index (κ2) is 8.78. The fourth-order valence-electron chi connectivity index (χ4n) is 3.83. The van der Waals surface area contributed by atoms with E-state index < -0.39 is 11.7 Å². The van der Waals surface area contributed by atoms with Crippen LogP contribution in [-0.4, -0.2) is 17.5 Å². The van der Waals surface area contributed by atoms with E-state index >= 15 is 0 Å². The zero-order valence-corrected chi connectivity index (χ0v) is 18.2. The lowest BCUT2D eigenvalue weighted by Crippen LogP contribution is -2.22. The molecule has 164 valence electrons. The number of fused-ring (bicyclic) bond motifs is 1. The highest BCUT2D eigenvalue weighted by molar-refractivity contribution is 6.09. The Morgan fingerprint density at radius 2 is 1.75 bits per heavy atom. The summed E-state index contributed by atoms with van der Waals surface area (Å²) in [6.07, 6.45) is 2.14. The van der Waals surface area contributed by atoms with E-state index in [0.29, 0.717) is 35.4 Å². The zero-order valence-electron chi connectivity index (χ0n) is 18.2. The summed E-state index contributed by atoms with van der Waals surface area (Å²) in [5, 5.41) is 7.23. The van der Waals surface area contributed by atoms with E-state index in [0.717, 1.165) is 28.8 Å². The first-order valence-corrected chi connectivity index (χ1v) is 10.5. The SMILES string of the molecule is Cc1ccc(C)c(NC(=O)c2oc3c(c2C)/C(=N/NC(=O)c2ccc(F)cc2)CCC3)c1. The molecule has 1 heterocycles. The molecule has 1 aliphatic carbocycles. The number of aryl methyl sites for hydroxylation is 3. The summed E-state index contributed by atoms with van der Waals surface area (Å²) in [5.74, 6) is -0.227. The van der Waals surface area contributed by atoms with Gasteiger partial charge in [0.2, 0.25) is 0 Å². The maximum absolute atomic E-state index is 13.1. The first kappa shape index (κ1) is 21.5. The lowest BCUT2D eigenvalue weighted by molar-refractivity contribution is 0.0953. The van der Waals surface area contributed by atoms with Crippen molar-refractivity contribution < 1.29 is 18.4 Å². The number of furan rings is 1. The van der Waals surface area contributed by atoms with Gasteiger partial charge >= 0.3 is 0 Å². The van der Waals surface area contributed by atoms with E-state index in [2.05, 4.69) is 15.8 Å². The Kier molecular flexibility index (Phi) is 5.90. The van der Waals surface area contributed by atoms with Gasteiger partial charge < -0.3 is 9.73 Å². The molecule has 3 aromatic rings. The van der Waals surface area contributed by atoms with E-state index in [1.165, 1.54) is 24.3 Å². The zero-order chi connectivity index (χ0) is 22.8. The quantitative estimate of drug-likeness (QED) is 0.564. The molecule has 1 aliphatic rings.